The van der Waals surface area contributed by atoms with Gasteiger partial charge in [-0.1, -0.05) is 6.07 Å². The Bertz CT molecular complexity index is 668. The third-order valence-corrected chi connectivity index (χ3v) is 2.74. The molecule has 0 saturated heterocycles. The highest BCUT2D eigenvalue weighted by Gasteiger charge is 2.33. The van der Waals surface area contributed by atoms with Crippen molar-refractivity contribution in [3.05, 3.63) is 47.3 Å². The zero-order valence-corrected chi connectivity index (χ0v) is 10.4. The maximum absolute atomic E-state index is 12.5. The first-order chi connectivity index (χ1) is 9.32. The summed E-state index contributed by atoms with van der Waals surface area (Å²) in [4.78, 5) is 0. The number of hydrogen-bond donors (Lipinski definition) is 1. The van der Waals surface area contributed by atoms with E-state index in [-0.39, 0.29) is 11.3 Å². The second kappa shape index (κ2) is 4.98. The lowest BCUT2D eigenvalue weighted by molar-refractivity contribution is -0.141. The first-order valence-electron chi connectivity index (χ1n) is 5.68. The van der Waals surface area contributed by atoms with Crippen molar-refractivity contribution >= 4 is 0 Å². The summed E-state index contributed by atoms with van der Waals surface area (Å²) in [5.41, 5.74) is -0.125. The second-order valence-electron chi connectivity index (χ2n) is 4.20. The fourth-order valence-electron chi connectivity index (χ4n) is 1.77. The van der Waals surface area contributed by atoms with Crippen molar-refractivity contribution < 1.29 is 18.3 Å². The number of rotatable bonds is 2. The number of aromatic nitrogens is 2. The van der Waals surface area contributed by atoms with Crippen molar-refractivity contribution in [1.82, 2.24) is 9.78 Å². The number of halogens is 3. The number of benzene rings is 1. The minimum atomic E-state index is -4.54. The molecular weight excluding hydrogens is 271 g/mol. The smallest absolute Gasteiger partial charge is 0.389 e. The Balaban J connectivity index is 2.56. The van der Waals surface area contributed by atoms with Crippen LogP contribution < -0.4 is 0 Å². The van der Waals surface area contributed by atoms with Crippen molar-refractivity contribution in [2.45, 2.75) is 19.2 Å². The van der Waals surface area contributed by atoms with E-state index < -0.39 is 18.0 Å². The molecule has 2 rings (SSSR count). The lowest BCUT2D eigenvalue weighted by Crippen LogP contribution is -2.09. The van der Waals surface area contributed by atoms with Gasteiger partial charge in [-0.15, -0.1) is 0 Å². The van der Waals surface area contributed by atoms with Gasteiger partial charge < -0.3 is 5.11 Å². The van der Waals surface area contributed by atoms with Crippen molar-refractivity contribution in [2.24, 2.45) is 0 Å². The van der Waals surface area contributed by atoms with E-state index in [1.54, 1.807) is 0 Å². The number of aliphatic hydroxyl groups is 1. The Morgan fingerprint density at radius 1 is 1.35 bits per heavy atom. The predicted molar refractivity (Wildman–Crippen MR) is 63.9 cm³/mol. The molecule has 0 aliphatic heterocycles. The topological polar surface area (TPSA) is 61.8 Å². The van der Waals surface area contributed by atoms with Gasteiger partial charge >= 0.3 is 6.18 Å². The summed E-state index contributed by atoms with van der Waals surface area (Å²) >= 11 is 0. The van der Waals surface area contributed by atoms with Crippen LogP contribution in [0.15, 0.2) is 30.5 Å². The van der Waals surface area contributed by atoms with Gasteiger partial charge in [-0.05, 0) is 25.1 Å². The van der Waals surface area contributed by atoms with Gasteiger partial charge in [0.1, 0.15) is 0 Å². The summed E-state index contributed by atoms with van der Waals surface area (Å²) in [6, 6.07) is 7.10. The maximum atomic E-state index is 12.5. The van der Waals surface area contributed by atoms with Crippen LogP contribution in [-0.2, 0) is 6.18 Å². The third kappa shape index (κ3) is 2.65. The Morgan fingerprint density at radius 2 is 2.05 bits per heavy atom. The summed E-state index contributed by atoms with van der Waals surface area (Å²) in [5.74, 6) is 0. The molecule has 0 saturated carbocycles. The molecule has 0 fully saturated rings. The predicted octanol–water partition coefficient (Wildman–Crippen LogP) is 2.82. The molecule has 0 aliphatic rings. The summed E-state index contributed by atoms with van der Waals surface area (Å²) in [5, 5.41) is 21.9. The Morgan fingerprint density at radius 3 is 2.55 bits per heavy atom. The molecule has 1 N–H and O–H groups in total. The number of nitriles is 1. The van der Waals surface area contributed by atoms with E-state index in [9.17, 15) is 18.3 Å². The Kier molecular flexibility index (Phi) is 3.51. The molecule has 0 amide bonds. The van der Waals surface area contributed by atoms with Gasteiger partial charge in [0.2, 0.25) is 0 Å². The molecule has 1 unspecified atom stereocenters. The van der Waals surface area contributed by atoms with E-state index in [2.05, 4.69) is 5.10 Å². The first kappa shape index (κ1) is 14.1. The van der Waals surface area contributed by atoms with Crippen LogP contribution >= 0.6 is 0 Å². The van der Waals surface area contributed by atoms with Crippen LogP contribution in [0.4, 0.5) is 13.2 Å². The molecule has 0 spiro atoms. The molecule has 1 aromatic carbocycles. The molecule has 20 heavy (non-hydrogen) atoms. The molecule has 4 nitrogen and oxygen atoms in total. The molecule has 7 heteroatoms. The standard InChI is InChI=1S/C13H10F3N3O/c1-8(20)10-3-2-9(7-17)6-11(10)19-5-4-12(18-19)13(14,15)16/h2-6,8,20H,1H3. The monoisotopic (exact) mass is 281 g/mol. The largest absolute Gasteiger partial charge is 0.435 e. The van der Waals surface area contributed by atoms with Gasteiger partial charge in [-0.2, -0.15) is 23.5 Å². The zero-order valence-electron chi connectivity index (χ0n) is 10.4. The van der Waals surface area contributed by atoms with Crippen LogP contribution in [0.1, 0.15) is 29.8 Å². The summed E-state index contributed by atoms with van der Waals surface area (Å²) in [6.07, 6.45) is -4.29. The molecule has 1 aromatic heterocycles. The van der Waals surface area contributed by atoms with Crippen molar-refractivity contribution in [2.75, 3.05) is 0 Å². The molecule has 0 bridgehead atoms. The average molecular weight is 281 g/mol. The highest BCUT2D eigenvalue weighted by atomic mass is 19.4. The third-order valence-electron chi connectivity index (χ3n) is 2.74. The molecule has 0 aliphatic carbocycles. The second-order valence-corrected chi connectivity index (χ2v) is 4.20. The van der Waals surface area contributed by atoms with E-state index in [0.29, 0.717) is 5.56 Å². The van der Waals surface area contributed by atoms with E-state index in [1.807, 2.05) is 6.07 Å². The van der Waals surface area contributed by atoms with Gasteiger partial charge in [0, 0.05) is 11.8 Å². The van der Waals surface area contributed by atoms with Gasteiger partial charge in [0.05, 0.1) is 23.4 Å². The van der Waals surface area contributed by atoms with Crippen molar-refractivity contribution in [1.29, 1.82) is 5.26 Å². The van der Waals surface area contributed by atoms with Gasteiger partial charge in [-0.3, -0.25) is 0 Å². The zero-order chi connectivity index (χ0) is 14.9. The fraction of sp³-hybridized carbons (Fsp3) is 0.231. The van der Waals surface area contributed by atoms with E-state index >= 15 is 0 Å². The van der Waals surface area contributed by atoms with E-state index in [0.717, 1.165) is 16.9 Å². The van der Waals surface area contributed by atoms with E-state index in [4.69, 9.17) is 5.26 Å². The Labute approximate surface area is 112 Å². The van der Waals surface area contributed by atoms with Crippen LogP contribution in [0.25, 0.3) is 5.69 Å². The van der Waals surface area contributed by atoms with Crippen LogP contribution in [0.2, 0.25) is 0 Å². The summed E-state index contributed by atoms with van der Waals surface area (Å²) in [6.45, 7) is 1.49. The number of nitrogens with zero attached hydrogens (tertiary/aromatic N) is 3. The number of hydrogen-bond acceptors (Lipinski definition) is 3. The van der Waals surface area contributed by atoms with Crippen molar-refractivity contribution in [3.63, 3.8) is 0 Å². The molecule has 2 aromatic rings. The van der Waals surface area contributed by atoms with Crippen molar-refractivity contribution in [3.8, 4) is 11.8 Å². The molecule has 104 valence electrons. The highest BCUT2D eigenvalue weighted by molar-refractivity contribution is 5.48. The summed E-state index contributed by atoms with van der Waals surface area (Å²) in [7, 11) is 0. The quantitative estimate of drug-likeness (QED) is 0.920. The lowest BCUT2D eigenvalue weighted by Gasteiger charge is -2.12. The van der Waals surface area contributed by atoms with Gasteiger partial charge in [0.15, 0.2) is 5.69 Å². The molecular formula is C13H10F3N3O. The van der Waals surface area contributed by atoms with Gasteiger partial charge in [-0.25, -0.2) is 4.68 Å². The Hall–Kier alpha value is -2.33. The maximum Gasteiger partial charge on any atom is 0.435 e. The molecule has 1 atom stereocenters. The first-order valence-corrected chi connectivity index (χ1v) is 5.68. The molecule has 0 radical (unpaired) electrons. The molecule has 1 heterocycles. The number of aliphatic hydroxyl groups excluding tert-OH is 1. The fourth-order valence-corrected chi connectivity index (χ4v) is 1.77. The van der Waals surface area contributed by atoms with Gasteiger partial charge in [0.25, 0.3) is 0 Å². The van der Waals surface area contributed by atoms with Crippen LogP contribution in [-0.4, -0.2) is 14.9 Å². The average Bonchev–Trinajstić information content (AvgIpc) is 2.87. The minimum absolute atomic E-state index is 0.245. The normalized spacial score (nSPS) is 13.0. The highest BCUT2D eigenvalue weighted by Crippen LogP contribution is 2.29. The minimum Gasteiger partial charge on any atom is -0.389 e. The van der Waals surface area contributed by atoms with Crippen LogP contribution in [0.5, 0.6) is 0 Å². The number of alkyl halides is 3. The van der Waals surface area contributed by atoms with Crippen LogP contribution in [0, 0.1) is 11.3 Å². The van der Waals surface area contributed by atoms with Crippen LogP contribution in [0.3, 0.4) is 0 Å². The van der Waals surface area contributed by atoms with E-state index in [1.165, 1.54) is 25.1 Å². The summed E-state index contributed by atoms with van der Waals surface area (Å²) < 4.78 is 38.6. The lowest BCUT2D eigenvalue weighted by atomic mass is 10.1. The SMILES string of the molecule is CC(O)c1ccc(C#N)cc1-n1ccc(C(F)(F)F)n1.